The Bertz CT molecular complexity index is 1710. The zero-order chi connectivity index (χ0) is 27.4. The molecule has 2 unspecified atom stereocenters. The van der Waals surface area contributed by atoms with Crippen molar-refractivity contribution in [1.29, 1.82) is 0 Å². The highest BCUT2D eigenvalue weighted by Crippen LogP contribution is 2.48. The number of Topliss-reactive ketones (excluding diaryl/α,β-unsaturated/α-hetero) is 1. The van der Waals surface area contributed by atoms with Gasteiger partial charge in [0.1, 0.15) is 11.6 Å². The number of carbonyl (C=O) groups excluding carboxylic acids is 1. The fourth-order valence-corrected chi connectivity index (χ4v) is 6.40. The lowest BCUT2D eigenvalue weighted by atomic mass is 9.72. The molecule has 2 aliphatic carbocycles. The van der Waals surface area contributed by atoms with Gasteiger partial charge in [-0.2, -0.15) is 0 Å². The van der Waals surface area contributed by atoms with Crippen molar-refractivity contribution >= 4 is 22.3 Å². The van der Waals surface area contributed by atoms with E-state index in [9.17, 15) is 13.6 Å². The molecule has 3 aromatic carbocycles. The molecule has 0 saturated heterocycles. The molecule has 2 nitrogen and oxygen atoms in total. The van der Waals surface area contributed by atoms with Crippen LogP contribution in [0.3, 0.4) is 0 Å². The van der Waals surface area contributed by atoms with E-state index in [1.165, 1.54) is 12.1 Å². The Morgan fingerprint density at radius 1 is 1.00 bits per heavy atom. The van der Waals surface area contributed by atoms with Crippen LogP contribution >= 0.6 is 0 Å². The summed E-state index contributed by atoms with van der Waals surface area (Å²) in [5.41, 5.74) is 9.91. The quantitative estimate of drug-likeness (QED) is 0.252. The first kappa shape index (κ1) is 25.4. The summed E-state index contributed by atoms with van der Waals surface area (Å²) in [5.74, 6) is -0.198. The first-order valence-electron chi connectivity index (χ1n) is 13.7. The maximum absolute atomic E-state index is 14.7. The number of nitrogens with zero attached hydrogens (tertiary/aromatic N) is 1. The van der Waals surface area contributed by atoms with Crippen LogP contribution in [0, 0.1) is 17.6 Å². The van der Waals surface area contributed by atoms with E-state index >= 15 is 0 Å². The second kappa shape index (κ2) is 9.68. The summed E-state index contributed by atoms with van der Waals surface area (Å²) >= 11 is 0. The van der Waals surface area contributed by atoms with Gasteiger partial charge < -0.3 is 0 Å². The van der Waals surface area contributed by atoms with Crippen LogP contribution in [0.15, 0.2) is 78.4 Å². The lowest BCUT2D eigenvalue weighted by Crippen LogP contribution is -2.21. The van der Waals surface area contributed by atoms with Crippen LogP contribution in [0.5, 0.6) is 0 Å². The van der Waals surface area contributed by atoms with E-state index in [1.54, 1.807) is 24.3 Å². The Morgan fingerprint density at radius 2 is 1.79 bits per heavy atom. The van der Waals surface area contributed by atoms with Crippen molar-refractivity contribution in [3.05, 3.63) is 107 Å². The second-order valence-corrected chi connectivity index (χ2v) is 11.0. The Labute approximate surface area is 228 Å². The molecule has 2 atom stereocenters. The topological polar surface area (TPSA) is 30.0 Å². The van der Waals surface area contributed by atoms with Gasteiger partial charge in [0.05, 0.1) is 11.2 Å². The monoisotopic (exact) mass is 519 g/mol. The van der Waals surface area contributed by atoms with Gasteiger partial charge in [-0.15, -0.1) is 0 Å². The Morgan fingerprint density at radius 3 is 2.54 bits per heavy atom. The summed E-state index contributed by atoms with van der Waals surface area (Å²) < 4.78 is 29.3. The van der Waals surface area contributed by atoms with Gasteiger partial charge in [0.25, 0.3) is 0 Å². The fourth-order valence-electron chi connectivity index (χ4n) is 6.40. The van der Waals surface area contributed by atoms with Gasteiger partial charge in [-0.1, -0.05) is 55.5 Å². The smallest absolute Gasteiger partial charge is 0.159 e. The number of ketones is 1. The minimum atomic E-state index is -0.319. The summed E-state index contributed by atoms with van der Waals surface area (Å²) in [6.45, 7) is 10.2. The molecule has 0 saturated carbocycles. The SMILES string of the molecule is C=C(C)C1CC(=O)C(C)=C(c2c3c(nc4ccc(F)cc24)-c2ccc(-c4ccccc4F)cc2C(CC)C3)C1. The zero-order valence-corrected chi connectivity index (χ0v) is 22.6. The molecular weight excluding hydrogens is 488 g/mol. The number of pyridine rings is 1. The molecule has 1 aromatic heterocycles. The maximum atomic E-state index is 14.7. The molecule has 2 aliphatic rings. The van der Waals surface area contributed by atoms with Gasteiger partial charge in [-0.05, 0) is 103 Å². The zero-order valence-electron chi connectivity index (χ0n) is 22.6. The molecule has 0 N–H and O–H groups in total. The third-order valence-electron chi connectivity index (χ3n) is 8.67. The molecule has 6 rings (SSSR count). The Hall–Kier alpha value is -3.92. The molecule has 1 heterocycles. The summed E-state index contributed by atoms with van der Waals surface area (Å²) in [5, 5.41) is 0.750. The van der Waals surface area contributed by atoms with Gasteiger partial charge in [0, 0.05) is 22.9 Å². The lowest BCUT2D eigenvalue weighted by Gasteiger charge is -2.32. The minimum Gasteiger partial charge on any atom is -0.295 e. The summed E-state index contributed by atoms with van der Waals surface area (Å²) in [6, 6.07) is 17.7. The lowest BCUT2D eigenvalue weighted by molar-refractivity contribution is -0.116. The van der Waals surface area contributed by atoms with Crippen molar-refractivity contribution < 1.29 is 13.6 Å². The molecule has 0 bridgehead atoms. The van der Waals surface area contributed by atoms with Crippen LogP contribution < -0.4 is 0 Å². The molecule has 4 aromatic rings. The number of halogens is 2. The molecule has 0 fully saturated rings. The average molecular weight is 520 g/mol. The number of rotatable bonds is 4. The van der Waals surface area contributed by atoms with E-state index in [1.807, 2.05) is 32.0 Å². The van der Waals surface area contributed by atoms with Crippen LogP contribution in [-0.4, -0.2) is 10.8 Å². The van der Waals surface area contributed by atoms with Crippen LogP contribution in [-0.2, 0) is 11.2 Å². The van der Waals surface area contributed by atoms with Crippen molar-refractivity contribution in [2.45, 2.75) is 52.4 Å². The van der Waals surface area contributed by atoms with Crippen molar-refractivity contribution in [2.24, 2.45) is 5.92 Å². The number of hydrogen-bond acceptors (Lipinski definition) is 2. The van der Waals surface area contributed by atoms with E-state index in [2.05, 4.69) is 19.6 Å². The molecule has 0 radical (unpaired) electrons. The summed E-state index contributed by atoms with van der Waals surface area (Å²) in [7, 11) is 0. The van der Waals surface area contributed by atoms with Crippen LogP contribution in [0.2, 0.25) is 0 Å². The molecular formula is C35H31F2NO. The predicted octanol–water partition coefficient (Wildman–Crippen LogP) is 9.23. The van der Waals surface area contributed by atoms with E-state index < -0.39 is 0 Å². The van der Waals surface area contributed by atoms with E-state index in [-0.39, 0.29) is 29.3 Å². The largest absolute Gasteiger partial charge is 0.295 e. The van der Waals surface area contributed by atoms with Gasteiger partial charge >= 0.3 is 0 Å². The van der Waals surface area contributed by atoms with Crippen molar-refractivity contribution in [3.8, 4) is 22.4 Å². The van der Waals surface area contributed by atoms with Crippen molar-refractivity contribution in [3.63, 3.8) is 0 Å². The minimum absolute atomic E-state index is 0.0600. The van der Waals surface area contributed by atoms with Crippen molar-refractivity contribution in [1.82, 2.24) is 4.98 Å². The summed E-state index contributed by atoms with van der Waals surface area (Å²) in [6.07, 6.45) is 2.77. The van der Waals surface area contributed by atoms with Gasteiger partial charge in [0.15, 0.2) is 5.78 Å². The third kappa shape index (κ3) is 4.23. The van der Waals surface area contributed by atoms with Crippen LogP contribution in [0.1, 0.15) is 62.6 Å². The number of carbonyl (C=O) groups is 1. The number of allylic oxidation sites excluding steroid dienone is 3. The number of benzene rings is 3. The Kier molecular flexibility index (Phi) is 6.29. The normalized spacial score (nSPS) is 18.7. The molecule has 4 heteroatoms. The maximum Gasteiger partial charge on any atom is 0.159 e. The van der Waals surface area contributed by atoms with E-state index in [0.29, 0.717) is 23.9 Å². The second-order valence-electron chi connectivity index (χ2n) is 11.0. The molecule has 196 valence electrons. The van der Waals surface area contributed by atoms with E-state index in [4.69, 9.17) is 4.98 Å². The summed E-state index contributed by atoms with van der Waals surface area (Å²) in [4.78, 5) is 18.2. The standard InChI is InChI=1S/C35H31F2NO/c1-5-21-14-30-34(27-16-23(19(2)3)17-33(39)20(27)4)29-18-24(36)11-13-32(29)38-35(30)26-12-10-22(15-28(21)26)25-8-6-7-9-31(25)37/h6-13,15,18,21,23H,2,5,14,16-17H2,1,3-4H3. The van der Waals surface area contributed by atoms with E-state index in [0.717, 1.165) is 68.5 Å². The molecule has 0 amide bonds. The fraction of sp³-hybridized carbons (Fsp3) is 0.257. The van der Waals surface area contributed by atoms with Crippen molar-refractivity contribution in [2.75, 3.05) is 0 Å². The van der Waals surface area contributed by atoms with Gasteiger partial charge in [-0.3, -0.25) is 4.79 Å². The number of aromatic nitrogens is 1. The van der Waals surface area contributed by atoms with Crippen LogP contribution in [0.25, 0.3) is 38.9 Å². The first-order valence-corrected chi connectivity index (χ1v) is 13.7. The number of hydrogen-bond donors (Lipinski definition) is 0. The van der Waals surface area contributed by atoms with Gasteiger partial charge in [-0.25, -0.2) is 13.8 Å². The average Bonchev–Trinajstić information content (AvgIpc) is 2.93. The third-order valence-corrected chi connectivity index (χ3v) is 8.67. The molecule has 0 aliphatic heterocycles. The predicted molar refractivity (Wildman–Crippen MR) is 154 cm³/mol. The molecule has 39 heavy (non-hydrogen) atoms. The van der Waals surface area contributed by atoms with Crippen LogP contribution in [0.4, 0.5) is 8.78 Å². The Balaban J connectivity index is 1.64. The highest BCUT2D eigenvalue weighted by molar-refractivity contribution is 6.08. The van der Waals surface area contributed by atoms with Gasteiger partial charge in [0.2, 0.25) is 0 Å². The highest BCUT2D eigenvalue weighted by atomic mass is 19.1. The highest BCUT2D eigenvalue weighted by Gasteiger charge is 2.33. The molecule has 0 spiro atoms. The number of fused-ring (bicyclic) bond motifs is 4. The first-order chi connectivity index (χ1) is 18.8.